The van der Waals surface area contributed by atoms with Crippen LogP contribution in [0.4, 0.5) is 0 Å². The first kappa shape index (κ1) is 46.1. The molecule has 4 unspecified atom stereocenters. The van der Waals surface area contributed by atoms with Crippen LogP contribution in [0.3, 0.4) is 0 Å². The Balaban J connectivity index is -0.000000579. The van der Waals surface area contributed by atoms with Gasteiger partial charge < -0.3 is 19.8 Å². The average molecular weight is 635 g/mol. The fourth-order valence-electron chi connectivity index (χ4n) is 4.75. The summed E-state index contributed by atoms with van der Waals surface area (Å²) in [5.74, 6) is 7.10. The van der Waals surface area contributed by atoms with Gasteiger partial charge >= 0.3 is 0 Å². The summed E-state index contributed by atoms with van der Waals surface area (Å²) in [5.41, 5.74) is 0. The molecule has 6 heteroatoms. The van der Waals surface area contributed by atoms with E-state index in [0.29, 0.717) is 0 Å². The number of aliphatic carboxylic acids is 2. The molecule has 0 heterocycles. The van der Waals surface area contributed by atoms with Gasteiger partial charge in [0.25, 0.3) is 0 Å². The Labute approximate surface area is 272 Å². The van der Waals surface area contributed by atoms with Crippen LogP contribution in [0.25, 0.3) is 0 Å². The van der Waals surface area contributed by atoms with Crippen molar-refractivity contribution >= 4 is 35.5 Å². The number of carbonyl (C=O) groups is 2. The monoisotopic (exact) mass is 635 g/mol. The minimum Gasteiger partial charge on any atom is -0.550 e. The molecule has 4 atom stereocenters. The fraction of sp³-hybridized carbons (Fsp3) is 0.944. The van der Waals surface area contributed by atoms with Gasteiger partial charge in [-0.15, -0.1) is 0 Å². The van der Waals surface area contributed by atoms with E-state index in [1.807, 2.05) is 0 Å². The molecule has 0 aliphatic heterocycles. The Hall–Kier alpha value is -0.360. The highest BCUT2D eigenvalue weighted by Crippen LogP contribution is 2.18. The molecule has 0 N–H and O–H groups in total. The van der Waals surface area contributed by atoms with E-state index < -0.39 is 24.8 Å². The Kier molecular flexibility index (Phi) is 40.4. The van der Waals surface area contributed by atoms with Crippen molar-refractivity contribution in [2.75, 3.05) is 23.0 Å². The zero-order valence-corrected chi connectivity index (χ0v) is 31.2. The van der Waals surface area contributed by atoms with Crippen molar-refractivity contribution in [2.45, 2.75) is 171 Å². The van der Waals surface area contributed by atoms with Gasteiger partial charge in [-0.05, 0) is 87.7 Å². The van der Waals surface area contributed by atoms with Gasteiger partial charge in [0.1, 0.15) is 23.0 Å². The molecule has 4 nitrogen and oxygen atoms in total. The summed E-state index contributed by atoms with van der Waals surface area (Å²) >= 11 is 3.45. The van der Waals surface area contributed by atoms with Crippen molar-refractivity contribution in [1.29, 1.82) is 0 Å². The number of carbonyl (C=O) groups excluding carboxylic acids is 2. The van der Waals surface area contributed by atoms with Gasteiger partial charge in [-0.1, -0.05) is 107 Å². The van der Waals surface area contributed by atoms with Gasteiger partial charge in [0.05, 0.1) is 0 Å². The summed E-state index contributed by atoms with van der Waals surface area (Å²) in [6, 6.07) is 0. The molecule has 0 bridgehead atoms. The van der Waals surface area contributed by atoms with Crippen LogP contribution in [-0.4, -0.2) is 35.0 Å². The third-order valence-corrected chi connectivity index (χ3v) is 11.4. The maximum atomic E-state index is 9.50. The van der Waals surface area contributed by atoms with Crippen LogP contribution in [0.2, 0.25) is 0 Å². The van der Waals surface area contributed by atoms with Crippen LogP contribution in [0.5, 0.6) is 0 Å². The molecule has 0 rings (SSSR count). The van der Waals surface area contributed by atoms with Crippen LogP contribution in [0.1, 0.15) is 171 Å². The smallest absolute Gasteiger partial charge is 0.108 e. The van der Waals surface area contributed by atoms with Gasteiger partial charge in [0.15, 0.2) is 0 Å². The van der Waals surface area contributed by atoms with E-state index in [1.54, 1.807) is 23.5 Å². The lowest BCUT2D eigenvalue weighted by Gasteiger charge is -2.13. The van der Waals surface area contributed by atoms with Crippen molar-refractivity contribution in [3.05, 3.63) is 0 Å². The molecule has 0 aromatic carbocycles. The first-order chi connectivity index (χ1) is 20.2. The van der Waals surface area contributed by atoms with Gasteiger partial charge in [-0.3, -0.25) is 0 Å². The van der Waals surface area contributed by atoms with Gasteiger partial charge in [0, 0.05) is 35.6 Å². The fourth-order valence-corrected chi connectivity index (χ4v) is 8.27. The van der Waals surface area contributed by atoms with Crippen LogP contribution in [0, 0.1) is 23.7 Å². The van der Waals surface area contributed by atoms with Gasteiger partial charge in [-0.2, -0.15) is 0 Å². The molecule has 0 saturated carbocycles. The highest BCUT2D eigenvalue weighted by atomic mass is 32.2. The molecule has 42 heavy (non-hydrogen) atoms. The van der Waals surface area contributed by atoms with E-state index in [4.69, 9.17) is 0 Å². The normalized spacial score (nSPS) is 13.6. The maximum Gasteiger partial charge on any atom is 0.108 e. The molecule has 0 aliphatic carbocycles. The molecule has 0 aliphatic rings. The van der Waals surface area contributed by atoms with E-state index >= 15 is 0 Å². The highest BCUT2D eigenvalue weighted by molar-refractivity contribution is 7.78. The molecule has 0 aromatic heterocycles. The molecule has 0 radical (unpaired) electrons. The number of carboxylic acids is 2. The summed E-state index contributed by atoms with van der Waals surface area (Å²) in [5, 5.41) is 19.0. The lowest BCUT2D eigenvalue weighted by atomic mass is 10.0. The first-order valence-electron chi connectivity index (χ1n) is 17.8. The summed E-state index contributed by atoms with van der Waals surface area (Å²) in [4.78, 5) is 19.0. The van der Waals surface area contributed by atoms with Crippen molar-refractivity contribution < 1.29 is 19.8 Å². The molecule has 0 amide bonds. The van der Waals surface area contributed by atoms with Crippen LogP contribution < -0.4 is 10.2 Å². The van der Waals surface area contributed by atoms with Crippen LogP contribution >= 0.6 is 0 Å². The molecule has 0 fully saturated rings. The molecule has 0 spiro atoms. The number of rotatable bonds is 27. The second kappa shape index (κ2) is 36.8. The average Bonchev–Trinajstić information content (AvgIpc) is 2.99. The predicted molar refractivity (Wildman–Crippen MR) is 189 cm³/mol. The second-order valence-corrected chi connectivity index (χ2v) is 14.4. The maximum absolute atomic E-state index is 9.50. The third-order valence-electron chi connectivity index (χ3n) is 8.26. The second-order valence-electron chi connectivity index (χ2n) is 12.1. The summed E-state index contributed by atoms with van der Waals surface area (Å²) in [7, 11) is 0. The molecular formula is C36H74O4S2. The van der Waals surface area contributed by atoms with Crippen molar-refractivity contribution in [3.63, 3.8) is 0 Å². The van der Waals surface area contributed by atoms with E-state index in [-0.39, 0.29) is 0 Å². The Morgan fingerprint density at radius 1 is 0.452 bits per heavy atom. The van der Waals surface area contributed by atoms with Crippen molar-refractivity contribution in [3.8, 4) is 0 Å². The van der Waals surface area contributed by atoms with Crippen molar-refractivity contribution in [1.82, 2.24) is 0 Å². The van der Waals surface area contributed by atoms with Gasteiger partial charge in [0.2, 0.25) is 0 Å². The predicted octanol–water partition coefficient (Wildman–Crippen LogP) is 7.73. The topological polar surface area (TPSA) is 80.3 Å². The molecular weight excluding hydrogens is 561 g/mol. The quantitative estimate of drug-likeness (QED) is 0.0684. The Morgan fingerprint density at radius 2 is 0.667 bits per heavy atom. The van der Waals surface area contributed by atoms with Crippen LogP contribution in [-0.2, 0) is 33.1 Å². The highest BCUT2D eigenvalue weighted by Gasteiger charge is 2.16. The van der Waals surface area contributed by atoms with Crippen molar-refractivity contribution in [2.24, 2.45) is 23.7 Å². The minimum atomic E-state index is -1.37. The minimum absolute atomic E-state index is 0.470. The largest absolute Gasteiger partial charge is 0.550 e. The number of carboxylic acid groups (broad SMARTS) is 2. The SMILES string of the molecule is CCCCC(CC)C[SH+]CC(CC)CCCC.CCCCC(CC)C[SH+]CC(CC)CCCC.O=C([O-])CCC(=O)[O-]. The molecule has 0 saturated heterocycles. The van der Waals surface area contributed by atoms with E-state index in [2.05, 4.69) is 55.4 Å². The third kappa shape index (κ3) is 35.8. The van der Waals surface area contributed by atoms with Gasteiger partial charge in [-0.25, -0.2) is 0 Å². The number of hydrogen-bond donors (Lipinski definition) is 0. The van der Waals surface area contributed by atoms with E-state index in [1.165, 1.54) is 126 Å². The molecule has 0 aromatic rings. The zero-order chi connectivity index (χ0) is 32.4. The Bertz CT molecular complexity index is 479. The van der Waals surface area contributed by atoms with E-state index in [0.717, 1.165) is 23.7 Å². The number of hydrogen-bond acceptors (Lipinski definition) is 4. The first-order valence-corrected chi connectivity index (χ1v) is 20.4. The summed E-state index contributed by atoms with van der Waals surface area (Å²) in [6.07, 6.45) is 21.6. The van der Waals surface area contributed by atoms with E-state index in [9.17, 15) is 19.8 Å². The Morgan fingerprint density at radius 3 is 0.810 bits per heavy atom. The lowest BCUT2D eigenvalue weighted by molar-refractivity contribution is -0.315. The zero-order valence-electron chi connectivity index (χ0n) is 29.4. The number of thiol groups is 2. The molecule has 254 valence electrons. The standard InChI is InChI=1S/2C16H34S.C4H6O4/c2*1-5-9-11-15(7-3)13-17-14-16(8-4)12-10-6-2;5-3(6)1-2-4(7)8/h2*15-16H,5-14H2,1-4H3;1-2H2,(H,5,6)(H,7,8). The van der Waals surface area contributed by atoms with Crippen LogP contribution in [0.15, 0.2) is 0 Å². The number of unbranched alkanes of at least 4 members (excludes halogenated alkanes) is 4. The summed E-state index contributed by atoms with van der Waals surface area (Å²) in [6.45, 7) is 18.7. The summed E-state index contributed by atoms with van der Waals surface area (Å²) < 4.78 is 0. The lowest BCUT2D eigenvalue weighted by Crippen LogP contribution is -2.27.